The molecule has 1 heterocycles. The summed E-state index contributed by atoms with van der Waals surface area (Å²) in [5.74, 6) is -0.251. The molecule has 1 aliphatic rings. The van der Waals surface area contributed by atoms with Gasteiger partial charge in [-0.25, -0.2) is 4.79 Å². The van der Waals surface area contributed by atoms with Gasteiger partial charge in [0.05, 0.1) is 0 Å². The van der Waals surface area contributed by atoms with Crippen LogP contribution in [-0.2, 0) is 4.79 Å². The number of imide groups is 1. The molecule has 4 heteroatoms. The Balaban J connectivity index is 2.37. The van der Waals surface area contributed by atoms with Gasteiger partial charge in [0.25, 0.3) is 0 Å². The van der Waals surface area contributed by atoms with E-state index in [1.54, 1.807) is 0 Å². The van der Waals surface area contributed by atoms with Crippen molar-refractivity contribution in [1.82, 2.24) is 5.32 Å². The van der Waals surface area contributed by atoms with E-state index in [-0.39, 0.29) is 18.5 Å². The van der Waals surface area contributed by atoms with Gasteiger partial charge in [0.15, 0.2) is 0 Å². The zero-order chi connectivity index (χ0) is 11.0. The molecular weight excluding hydrogens is 192 g/mol. The van der Waals surface area contributed by atoms with Crippen LogP contribution in [0, 0.1) is 13.8 Å². The topological polar surface area (TPSA) is 49.4 Å². The summed E-state index contributed by atoms with van der Waals surface area (Å²) in [5, 5.41) is 2.25. The van der Waals surface area contributed by atoms with E-state index in [2.05, 4.69) is 5.32 Å². The molecule has 1 N–H and O–H groups in total. The van der Waals surface area contributed by atoms with E-state index < -0.39 is 0 Å². The molecule has 3 amide bonds. The van der Waals surface area contributed by atoms with Crippen molar-refractivity contribution in [3.8, 4) is 0 Å². The molecule has 0 aliphatic carbocycles. The Morgan fingerprint density at radius 2 is 1.73 bits per heavy atom. The van der Waals surface area contributed by atoms with Crippen molar-refractivity contribution in [3.63, 3.8) is 0 Å². The molecule has 1 fully saturated rings. The molecular formula is C11H12N2O2. The van der Waals surface area contributed by atoms with Crippen LogP contribution >= 0.6 is 0 Å². The van der Waals surface area contributed by atoms with Crippen LogP contribution in [0.5, 0.6) is 0 Å². The molecule has 78 valence electrons. The monoisotopic (exact) mass is 204 g/mol. The lowest BCUT2D eigenvalue weighted by Gasteiger charge is -2.14. The average molecular weight is 204 g/mol. The lowest BCUT2D eigenvalue weighted by molar-refractivity contribution is -0.117. The van der Waals surface area contributed by atoms with Crippen LogP contribution in [0.4, 0.5) is 10.5 Å². The third kappa shape index (κ3) is 1.83. The number of benzene rings is 1. The highest BCUT2D eigenvalue weighted by Crippen LogP contribution is 2.20. The van der Waals surface area contributed by atoms with Crippen molar-refractivity contribution in [2.24, 2.45) is 0 Å². The maximum Gasteiger partial charge on any atom is 0.329 e. The zero-order valence-electron chi connectivity index (χ0n) is 8.70. The Kier molecular flexibility index (Phi) is 2.19. The second-order valence-corrected chi connectivity index (χ2v) is 3.79. The van der Waals surface area contributed by atoms with E-state index in [1.807, 2.05) is 32.0 Å². The molecule has 0 saturated carbocycles. The summed E-state index contributed by atoms with van der Waals surface area (Å²) in [6.07, 6.45) is 0. The highest BCUT2D eigenvalue weighted by atomic mass is 16.2. The van der Waals surface area contributed by atoms with E-state index in [1.165, 1.54) is 4.90 Å². The molecule has 2 rings (SSSR count). The molecule has 0 spiro atoms. The second-order valence-electron chi connectivity index (χ2n) is 3.79. The maximum atomic E-state index is 11.4. The van der Waals surface area contributed by atoms with Gasteiger partial charge in [0.1, 0.15) is 6.54 Å². The molecule has 1 saturated heterocycles. The summed E-state index contributed by atoms with van der Waals surface area (Å²) in [4.78, 5) is 23.9. The molecule has 0 bridgehead atoms. The number of aryl methyl sites for hydroxylation is 2. The first-order valence-electron chi connectivity index (χ1n) is 4.76. The number of carbonyl (C=O) groups excluding carboxylic acids is 2. The van der Waals surface area contributed by atoms with Crippen LogP contribution in [0.2, 0.25) is 0 Å². The number of nitrogens with zero attached hydrogens (tertiary/aromatic N) is 1. The van der Waals surface area contributed by atoms with Crippen molar-refractivity contribution < 1.29 is 9.59 Å². The molecule has 0 atom stereocenters. The van der Waals surface area contributed by atoms with E-state index in [4.69, 9.17) is 0 Å². The fraction of sp³-hybridized carbons (Fsp3) is 0.273. The standard InChI is InChI=1S/C11H12N2O2/c1-7-3-8(2)5-9(4-7)13-6-10(14)12-11(13)15/h3-5H,6H2,1-2H3,(H,12,14,15). The van der Waals surface area contributed by atoms with Gasteiger partial charge in [0, 0.05) is 5.69 Å². The third-order valence-electron chi connectivity index (χ3n) is 2.31. The molecule has 15 heavy (non-hydrogen) atoms. The van der Waals surface area contributed by atoms with Crippen molar-refractivity contribution in [1.29, 1.82) is 0 Å². The van der Waals surface area contributed by atoms with Crippen LogP contribution in [0.1, 0.15) is 11.1 Å². The fourth-order valence-electron chi connectivity index (χ4n) is 1.76. The minimum Gasteiger partial charge on any atom is -0.285 e. The van der Waals surface area contributed by atoms with Crippen LogP contribution < -0.4 is 10.2 Å². The Hall–Kier alpha value is -1.84. The minimum absolute atomic E-state index is 0.113. The van der Waals surface area contributed by atoms with Crippen molar-refractivity contribution in [3.05, 3.63) is 29.3 Å². The van der Waals surface area contributed by atoms with Gasteiger partial charge in [-0.3, -0.25) is 15.0 Å². The van der Waals surface area contributed by atoms with Gasteiger partial charge in [-0.15, -0.1) is 0 Å². The summed E-state index contributed by atoms with van der Waals surface area (Å²) < 4.78 is 0. The number of rotatable bonds is 1. The quantitative estimate of drug-likeness (QED) is 0.702. The van der Waals surface area contributed by atoms with Gasteiger partial charge in [0.2, 0.25) is 5.91 Å². The molecule has 0 unspecified atom stereocenters. The van der Waals surface area contributed by atoms with Gasteiger partial charge in [-0.05, 0) is 37.1 Å². The highest BCUT2D eigenvalue weighted by Gasteiger charge is 2.27. The van der Waals surface area contributed by atoms with Crippen molar-refractivity contribution >= 4 is 17.6 Å². The van der Waals surface area contributed by atoms with E-state index in [0.29, 0.717) is 0 Å². The minimum atomic E-state index is -0.343. The first-order chi connectivity index (χ1) is 7.06. The fourth-order valence-corrected chi connectivity index (χ4v) is 1.76. The van der Waals surface area contributed by atoms with Gasteiger partial charge in [-0.1, -0.05) is 6.07 Å². The van der Waals surface area contributed by atoms with Crippen LogP contribution in [0.3, 0.4) is 0 Å². The third-order valence-corrected chi connectivity index (χ3v) is 2.31. The summed E-state index contributed by atoms with van der Waals surface area (Å²) >= 11 is 0. The van der Waals surface area contributed by atoms with Gasteiger partial charge < -0.3 is 0 Å². The number of amides is 3. The SMILES string of the molecule is Cc1cc(C)cc(N2CC(=O)NC2=O)c1. The predicted octanol–water partition coefficient (Wildman–Crippen LogP) is 1.36. The molecule has 0 aromatic heterocycles. The van der Waals surface area contributed by atoms with Crippen LogP contribution in [0.15, 0.2) is 18.2 Å². The summed E-state index contributed by atoms with van der Waals surface area (Å²) in [7, 11) is 0. The molecule has 0 radical (unpaired) electrons. The summed E-state index contributed by atoms with van der Waals surface area (Å²) in [6.45, 7) is 4.04. The number of nitrogens with one attached hydrogen (secondary N) is 1. The summed E-state index contributed by atoms with van der Waals surface area (Å²) in [5.41, 5.74) is 2.94. The number of anilines is 1. The Labute approximate surface area is 87.9 Å². The Morgan fingerprint density at radius 1 is 1.13 bits per heavy atom. The number of hydrogen-bond donors (Lipinski definition) is 1. The Bertz CT molecular complexity index is 420. The predicted molar refractivity (Wildman–Crippen MR) is 56.8 cm³/mol. The van der Waals surface area contributed by atoms with E-state index in [0.717, 1.165) is 16.8 Å². The summed E-state index contributed by atoms with van der Waals surface area (Å²) in [6, 6.07) is 5.47. The van der Waals surface area contributed by atoms with Crippen LogP contribution in [0.25, 0.3) is 0 Å². The number of carbonyl (C=O) groups is 2. The number of hydrogen-bond acceptors (Lipinski definition) is 2. The van der Waals surface area contributed by atoms with Gasteiger partial charge >= 0.3 is 6.03 Å². The molecule has 1 aromatic carbocycles. The molecule has 1 aliphatic heterocycles. The largest absolute Gasteiger partial charge is 0.329 e. The highest BCUT2D eigenvalue weighted by molar-refractivity contribution is 6.12. The zero-order valence-corrected chi connectivity index (χ0v) is 8.70. The Morgan fingerprint density at radius 3 is 2.20 bits per heavy atom. The van der Waals surface area contributed by atoms with E-state index >= 15 is 0 Å². The number of urea groups is 1. The maximum absolute atomic E-state index is 11.4. The smallest absolute Gasteiger partial charge is 0.285 e. The second kappa shape index (κ2) is 3.38. The van der Waals surface area contributed by atoms with Crippen molar-refractivity contribution in [2.45, 2.75) is 13.8 Å². The first-order valence-corrected chi connectivity index (χ1v) is 4.76. The van der Waals surface area contributed by atoms with Crippen molar-refractivity contribution in [2.75, 3.05) is 11.4 Å². The van der Waals surface area contributed by atoms with Gasteiger partial charge in [-0.2, -0.15) is 0 Å². The normalized spacial score (nSPS) is 15.7. The lowest BCUT2D eigenvalue weighted by atomic mass is 10.1. The first kappa shape index (κ1) is 9.71. The molecule has 4 nitrogen and oxygen atoms in total. The van der Waals surface area contributed by atoms with Crippen LogP contribution in [-0.4, -0.2) is 18.5 Å². The average Bonchev–Trinajstić information content (AvgIpc) is 2.43. The van der Waals surface area contributed by atoms with E-state index in [9.17, 15) is 9.59 Å². The lowest BCUT2D eigenvalue weighted by Crippen LogP contribution is -2.27. The molecule has 1 aromatic rings.